The maximum Gasteiger partial charge on any atom is 0.416 e. The zero-order chi connectivity index (χ0) is 38.1. The Bertz CT molecular complexity index is 1760. The Hall–Kier alpha value is -4.61. The number of piperidine rings is 1. The lowest BCUT2D eigenvalue weighted by Gasteiger charge is -2.32. The Labute approximate surface area is 306 Å². The van der Waals surface area contributed by atoms with Crippen molar-refractivity contribution in [3.8, 4) is 0 Å². The first-order valence-electron chi connectivity index (χ1n) is 17.2. The molecule has 0 spiro atoms. The van der Waals surface area contributed by atoms with Gasteiger partial charge in [-0.15, -0.1) is 0 Å². The van der Waals surface area contributed by atoms with E-state index in [0.29, 0.717) is 75.0 Å². The Balaban J connectivity index is 1.31. The lowest BCUT2D eigenvalue weighted by molar-refractivity contribution is -0.148. The average molecular weight is 771 g/mol. The summed E-state index contributed by atoms with van der Waals surface area (Å²) in [6.45, 7) is 5.28. The molecule has 2 atom stereocenters. The molecule has 3 aliphatic heterocycles. The predicted molar refractivity (Wildman–Crippen MR) is 182 cm³/mol. The van der Waals surface area contributed by atoms with Gasteiger partial charge in [0.05, 0.1) is 60.5 Å². The highest BCUT2D eigenvalue weighted by atomic mass is 35.5. The normalized spacial score (nSPS) is 19.9. The summed E-state index contributed by atoms with van der Waals surface area (Å²) in [4.78, 5) is 49.3. The van der Waals surface area contributed by atoms with E-state index in [1.165, 1.54) is 23.5 Å². The molecule has 0 saturated carbocycles. The molecule has 3 aromatic rings. The minimum Gasteiger partial charge on any atom is -0.466 e. The highest BCUT2D eigenvalue weighted by Gasteiger charge is 2.40. The molecule has 12 nitrogen and oxygen atoms in total. The minimum absolute atomic E-state index is 0.0351. The van der Waals surface area contributed by atoms with Crippen molar-refractivity contribution >= 4 is 47.1 Å². The fourth-order valence-corrected chi connectivity index (χ4v) is 7.14. The summed E-state index contributed by atoms with van der Waals surface area (Å²) >= 11 is 6.68. The molecular weight excluding hydrogens is 734 g/mol. The third-order valence-electron chi connectivity index (χ3n) is 9.64. The van der Waals surface area contributed by atoms with Crippen LogP contribution in [0.3, 0.4) is 0 Å². The quantitative estimate of drug-likeness (QED) is 0.161. The first-order chi connectivity index (χ1) is 25.2. The number of hydrogen-bond donors (Lipinski definition) is 0. The van der Waals surface area contributed by atoms with Gasteiger partial charge in [0, 0.05) is 32.2 Å². The van der Waals surface area contributed by atoms with Crippen LogP contribution in [0.1, 0.15) is 56.2 Å². The molecule has 0 N–H and O–H groups in total. The first-order valence-corrected chi connectivity index (χ1v) is 17.6. The van der Waals surface area contributed by atoms with Crippen LogP contribution < -0.4 is 19.6 Å². The largest absolute Gasteiger partial charge is 0.466 e. The molecule has 3 aliphatic rings. The number of benzene rings is 1. The van der Waals surface area contributed by atoms with Crippen LogP contribution in [0.2, 0.25) is 5.02 Å². The Morgan fingerprint density at radius 3 is 2.21 bits per heavy atom. The lowest BCUT2D eigenvalue weighted by Crippen LogP contribution is -2.39. The topological polar surface area (TPSA) is 117 Å². The van der Waals surface area contributed by atoms with Gasteiger partial charge in [0.1, 0.15) is 11.6 Å². The Kier molecular flexibility index (Phi) is 11.1. The predicted octanol–water partition coefficient (Wildman–Crippen LogP) is 6.76. The number of cyclic esters (lactones) is 1. The van der Waals surface area contributed by atoms with Crippen LogP contribution in [0.25, 0.3) is 0 Å². The number of alkyl halides is 6. The van der Waals surface area contributed by atoms with Crippen molar-refractivity contribution in [2.24, 2.45) is 5.92 Å². The molecule has 3 saturated heterocycles. The number of nitrogens with zero attached hydrogens (tertiary/aromatic N) is 8. The van der Waals surface area contributed by atoms with Gasteiger partial charge < -0.3 is 24.2 Å². The van der Waals surface area contributed by atoms with E-state index >= 15 is 0 Å². The highest BCUT2D eigenvalue weighted by molar-refractivity contribution is 6.32. The zero-order valence-corrected chi connectivity index (χ0v) is 29.6. The van der Waals surface area contributed by atoms with E-state index in [0.717, 1.165) is 0 Å². The smallest absolute Gasteiger partial charge is 0.416 e. The molecule has 5 heterocycles. The molecule has 53 heavy (non-hydrogen) atoms. The second-order valence-corrected chi connectivity index (χ2v) is 13.4. The van der Waals surface area contributed by atoms with Crippen molar-refractivity contribution in [2.75, 3.05) is 59.0 Å². The van der Waals surface area contributed by atoms with Gasteiger partial charge >= 0.3 is 24.4 Å². The molecule has 0 bridgehead atoms. The van der Waals surface area contributed by atoms with E-state index in [4.69, 9.17) is 26.1 Å². The molecule has 0 radical (unpaired) electrons. The maximum absolute atomic E-state index is 13.8. The summed E-state index contributed by atoms with van der Waals surface area (Å²) in [6, 6.07) is 0.760. The minimum atomic E-state index is -5.03. The van der Waals surface area contributed by atoms with Crippen molar-refractivity contribution < 1.29 is 45.4 Å². The number of hydrogen-bond acceptors (Lipinski definition) is 11. The van der Waals surface area contributed by atoms with Crippen molar-refractivity contribution in [1.82, 2.24) is 19.9 Å². The second-order valence-electron chi connectivity index (χ2n) is 13.0. The number of halogens is 7. The monoisotopic (exact) mass is 770 g/mol. The molecule has 0 aliphatic carbocycles. The first kappa shape index (κ1) is 38.1. The van der Waals surface area contributed by atoms with Gasteiger partial charge in [0.15, 0.2) is 5.82 Å². The number of anilines is 4. The fourth-order valence-electron chi connectivity index (χ4n) is 6.94. The fraction of sp³-hybridized carbons (Fsp3) is 0.529. The molecule has 19 heteroatoms. The zero-order valence-electron chi connectivity index (χ0n) is 28.8. The molecule has 286 valence electrons. The number of carbonyl (C=O) groups is 2. The molecule has 1 amide bonds. The number of ether oxygens (including phenoxy) is 2. The number of amides is 1. The standard InChI is InChI=1S/C34H37ClF6N8O4/c1-3-24-14-25(19-48(24)28-27(35)17-44-31(45-28)46-7-5-21(6-8-46)29(50)52-4-2)49(30-42-15-26(16-43-30)47-9-10-53-32(47)51)18-20-11-22(33(36,37)38)13-23(12-20)34(39,40)41/h11-13,15-17,21,24-25H,3-10,14,18-19H2,1-2H3/t24?,25-/m0/s1. The van der Waals surface area contributed by atoms with Gasteiger partial charge in [-0.1, -0.05) is 18.5 Å². The molecule has 2 aromatic heterocycles. The van der Waals surface area contributed by atoms with Crippen LogP contribution in [0, 0.1) is 5.92 Å². The average Bonchev–Trinajstić information content (AvgIpc) is 3.76. The van der Waals surface area contributed by atoms with Crippen LogP contribution in [-0.4, -0.2) is 83.5 Å². The highest BCUT2D eigenvalue weighted by Crippen LogP contribution is 2.39. The molecular formula is C34H37ClF6N8O4. The number of aromatic nitrogens is 4. The van der Waals surface area contributed by atoms with Crippen LogP contribution in [0.5, 0.6) is 0 Å². The van der Waals surface area contributed by atoms with Gasteiger partial charge in [-0.05, 0) is 56.4 Å². The van der Waals surface area contributed by atoms with Crippen LogP contribution >= 0.6 is 11.6 Å². The summed E-state index contributed by atoms with van der Waals surface area (Å²) < 4.78 is 93.2. The van der Waals surface area contributed by atoms with E-state index in [1.807, 2.05) is 16.7 Å². The summed E-state index contributed by atoms with van der Waals surface area (Å²) in [5.74, 6) is 0.399. The van der Waals surface area contributed by atoms with E-state index in [-0.39, 0.29) is 60.2 Å². The summed E-state index contributed by atoms with van der Waals surface area (Å²) in [5, 5.41) is 0.256. The summed E-state index contributed by atoms with van der Waals surface area (Å²) in [6.07, 6.45) is -4.33. The van der Waals surface area contributed by atoms with Crippen molar-refractivity contribution in [2.45, 2.75) is 70.5 Å². The second kappa shape index (κ2) is 15.4. The van der Waals surface area contributed by atoms with E-state index < -0.39 is 42.2 Å². The number of carbonyl (C=O) groups excluding carboxylic acids is 2. The van der Waals surface area contributed by atoms with Gasteiger partial charge in [0.2, 0.25) is 11.9 Å². The van der Waals surface area contributed by atoms with Gasteiger partial charge in [0.25, 0.3) is 0 Å². The number of esters is 1. The lowest BCUT2D eigenvalue weighted by atomic mass is 9.97. The van der Waals surface area contributed by atoms with Crippen LogP contribution in [0.15, 0.2) is 36.8 Å². The van der Waals surface area contributed by atoms with Gasteiger partial charge in [-0.2, -0.15) is 31.3 Å². The third kappa shape index (κ3) is 8.47. The van der Waals surface area contributed by atoms with E-state index in [2.05, 4.69) is 15.0 Å². The van der Waals surface area contributed by atoms with Gasteiger partial charge in [-0.25, -0.2) is 19.7 Å². The van der Waals surface area contributed by atoms with Crippen LogP contribution in [-0.2, 0) is 33.2 Å². The Morgan fingerprint density at radius 1 is 0.981 bits per heavy atom. The maximum atomic E-state index is 13.8. The third-order valence-corrected chi connectivity index (χ3v) is 9.91. The molecule has 1 aromatic carbocycles. The Morgan fingerprint density at radius 2 is 1.64 bits per heavy atom. The molecule has 1 unspecified atom stereocenters. The van der Waals surface area contributed by atoms with E-state index in [9.17, 15) is 35.9 Å². The van der Waals surface area contributed by atoms with Crippen molar-refractivity contribution in [3.63, 3.8) is 0 Å². The van der Waals surface area contributed by atoms with Gasteiger partial charge in [-0.3, -0.25) is 9.69 Å². The van der Waals surface area contributed by atoms with Crippen LogP contribution in [0.4, 0.5) is 54.5 Å². The van der Waals surface area contributed by atoms with Crippen molar-refractivity contribution in [1.29, 1.82) is 0 Å². The summed E-state index contributed by atoms with van der Waals surface area (Å²) in [5.41, 5.74) is -2.79. The van der Waals surface area contributed by atoms with Crippen molar-refractivity contribution in [3.05, 3.63) is 58.5 Å². The summed E-state index contributed by atoms with van der Waals surface area (Å²) in [7, 11) is 0. The SMILES string of the molecule is CCOC(=O)C1CCN(c2ncc(Cl)c(N3C[C@@H](N(Cc4cc(C(F)(F)F)cc(C(F)(F)F)c4)c4ncc(N5CCOC5=O)cn4)CC3CC)n2)CC1. The number of rotatable bonds is 10. The molecule has 3 fully saturated rings. The van der Waals surface area contributed by atoms with E-state index in [1.54, 1.807) is 11.8 Å². The molecule has 6 rings (SSSR count).